The molecule has 16 nitrogen and oxygen atoms in total. The molecular weight excluding hydrogens is 775 g/mol. The molecule has 6 atom stereocenters. The summed E-state index contributed by atoms with van der Waals surface area (Å²) in [5.41, 5.74) is 6.93. The van der Waals surface area contributed by atoms with Crippen molar-refractivity contribution in [2.75, 3.05) is 53.6 Å². The zero-order valence-electron chi connectivity index (χ0n) is 35.5. The number of hydrogen-bond acceptors (Lipinski definition) is 12. The summed E-state index contributed by atoms with van der Waals surface area (Å²) in [4.78, 5) is 82.7. The Balaban J connectivity index is 1.57. The first-order valence-electron chi connectivity index (χ1n) is 20.2. The number of primary amides is 1. The fraction of sp³-hybridized carbons (Fsp3) is 0.500. The second-order valence-electron chi connectivity index (χ2n) is 15.4. The van der Waals surface area contributed by atoms with Gasteiger partial charge in [0.05, 0.1) is 30.2 Å². The lowest BCUT2D eigenvalue weighted by atomic mass is 9.85. The highest BCUT2D eigenvalue weighted by molar-refractivity contribution is 6.24. The minimum atomic E-state index is -1.05. The summed E-state index contributed by atoms with van der Waals surface area (Å²) in [5.74, 6) is -3.46. The van der Waals surface area contributed by atoms with Crippen LogP contribution < -0.4 is 16.4 Å². The minimum absolute atomic E-state index is 0.000258. The number of methoxy groups -OCH3 is 2. The Morgan fingerprint density at radius 2 is 1.68 bits per heavy atom. The van der Waals surface area contributed by atoms with Gasteiger partial charge in [0.1, 0.15) is 6.10 Å². The molecule has 1 saturated heterocycles. The number of ether oxygens (including phenoxy) is 4. The van der Waals surface area contributed by atoms with Crippen molar-refractivity contribution in [2.24, 2.45) is 17.6 Å². The van der Waals surface area contributed by atoms with E-state index in [2.05, 4.69) is 15.5 Å². The van der Waals surface area contributed by atoms with Crippen molar-refractivity contribution in [3.05, 3.63) is 93.9 Å². The van der Waals surface area contributed by atoms with Crippen LogP contribution in [0.3, 0.4) is 0 Å². The molecule has 1 aromatic carbocycles. The lowest BCUT2D eigenvalue weighted by molar-refractivity contribution is -0.120. The number of ketones is 2. The van der Waals surface area contributed by atoms with E-state index in [1.165, 1.54) is 33.3 Å². The van der Waals surface area contributed by atoms with Gasteiger partial charge in [-0.3, -0.25) is 24.1 Å². The number of fused-ring (bicyclic) bond motifs is 2. The topological polar surface area (TPSA) is 216 Å². The largest absolute Gasteiger partial charge is 0.450 e. The lowest BCUT2D eigenvalue weighted by Crippen LogP contribution is -2.49. The summed E-state index contributed by atoms with van der Waals surface area (Å²) in [6.45, 7) is 12.3. The van der Waals surface area contributed by atoms with Gasteiger partial charge < -0.3 is 45.3 Å². The molecule has 1 fully saturated rings. The van der Waals surface area contributed by atoms with Crippen LogP contribution in [-0.4, -0.2) is 128 Å². The van der Waals surface area contributed by atoms with Gasteiger partial charge in [-0.1, -0.05) is 50.3 Å². The number of allylic oxidation sites excluding steroid dienone is 4. The quantitative estimate of drug-likeness (QED) is 0.208. The molecule has 3 aliphatic rings. The Hall–Kier alpha value is -5.42. The van der Waals surface area contributed by atoms with Crippen LogP contribution in [0.15, 0.2) is 82.8 Å². The third kappa shape index (κ3) is 12.8. The summed E-state index contributed by atoms with van der Waals surface area (Å²) in [6.07, 6.45) is 3.31. The molecule has 0 unspecified atom stereocenters. The van der Waals surface area contributed by atoms with Crippen molar-refractivity contribution in [1.82, 2.24) is 20.4 Å². The first-order chi connectivity index (χ1) is 28.6. The number of Topliss-reactive ketones (excluding diaryl/α,β-unsaturated/α-hetero) is 1. The molecule has 4 rings (SSSR count). The van der Waals surface area contributed by atoms with Crippen molar-refractivity contribution in [3.8, 4) is 0 Å². The van der Waals surface area contributed by atoms with Crippen LogP contribution in [-0.2, 0) is 39.8 Å². The molecule has 0 spiro atoms. The fourth-order valence-corrected chi connectivity index (χ4v) is 7.39. The van der Waals surface area contributed by atoms with Crippen molar-refractivity contribution in [1.29, 1.82) is 0 Å². The maximum Gasteiger partial charge on any atom is 0.409 e. The molecule has 2 bridgehead atoms. The molecule has 4 amide bonds. The molecule has 2 aliphatic heterocycles. The number of rotatable bonds is 9. The molecule has 5 N–H and O–H groups in total. The van der Waals surface area contributed by atoms with Crippen molar-refractivity contribution in [2.45, 2.75) is 78.3 Å². The number of aliphatic hydroxyl groups is 1. The summed E-state index contributed by atoms with van der Waals surface area (Å²) < 4.78 is 21.8. The van der Waals surface area contributed by atoms with Crippen molar-refractivity contribution in [3.63, 3.8) is 0 Å². The molecule has 2 heterocycles. The normalized spacial score (nSPS) is 27.4. The Kier molecular flexibility index (Phi) is 17.5. The monoisotopic (exact) mass is 833 g/mol. The van der Waals surface area contributed by atoms with Gasteiger partial charge in [-0.25, -0.2) is 9.59 Å². The van der Waals surface area contributed by atoms with Gasteiger partial charge in [-0.15, -0.1) is 0 Å². The molecule has 1 aliphatic carbocycles. The molecule has 16 heteroatoms. The Bertz CT molecular complexity index is 1910. The van der Waals surface area contributed by atoms with Gasteiger partial charge in [0.2, 0.25) is 11.6 Å². The highest BCUT2D eigenvalue weighted by Crippen LogP contribution is 2.29. The average molecular weight is 834 g/mol. The van der Waals surface area contributed by atoms with Gasteiger partial charge in [0.15, 0.2) is 6.10 Å². The van der Waals surface area contributed by atoms with Crippen LogP contribution in [0.2, 0.25) is 0 Å². The second-order valence-corrected chi connectivity index (χ2v) is 15.4. The van der Waals surface area contributed by atoms with E-state index >= 15 is 0 Å². The van der Waals surface area contributed by atoms with E-state index < -0.39 is 59.8 Å². The zero-order chi connectivity index (χ0) is 44.1. The standard InChI is InChI=1S/C44H59N5O11/c1-8-59-44(56)49-20-18-48(19-21-49)17-16-30-12-14-31(15-13-30)42(54)47-37-32-22-26(2)23-36(58-7)38(51)28(4)24-29(5)40(60-43(45)55)35(57-6)11-9-10-27(3)41(53)46-33(39(32)52)25-34(37)50/h9-15,24-26,28,35-36,38,40,51H,8,16-23H2,1-7H3,(H2,45,55)(H,46,53)(H,47,54)/b11-9-,27-10+,29-24+/t26-,28+,35+,36+,38-,40-/m1/s1. The number of nitrogens with two attached hydrogens (primary N) is 1. The number of hydrogen-bond donors (Lipinski definition) is 4. The van der Waals surface area contributed by atoms with E-state index in [0.717, 1.165) is 37.7 Å². The van der Waals surface area contributed by atoms with Crippen molar-refractivity contribution >= 4 is 35.6 Å². The predicted octanol–water partition coefficient (Wildman–Crippen LogP) is 3.51. The van der Waals surface area contributed by atoms with Gasteiger partial charge in [-0.2, -0.15) is 0 Å². The van der Waals surface area contributed by atoms with Gasteiger partial charge >= 0.3 is 12.2 Å². The Labute approximate surface area is 351 Å². The maximum atomic E-state index is 14.1. The van der Waals surface area contributed by atoms with E-state index in [-0.39, 0.29) is 53.0 Å². The van der Waals surface area contributed by atoms with Crippen LogP contribution in [0.4, 0.5) is 9.59 Å². The van der Waals surface area contributed by atoms with Gasteiger partial charge in [0.25, 0.3) is 11.8 Å². The summed E-state index contributed by atoms with van der Waals surface area (Å²) in [6, 6.07) is 6.98. The molecule has 60 heavy (non-hydrogen) atoms. The smallest absolute Gasteiger partial charge is 0.409 e. The number of amides is 4. The first kappa shape index (κ1) is 47.3. The van der Waals surface area contributed by atoms with Gasteiger partial charge in [-0.05, 0) is 69.2 Å². The van der Waals surface area contributed by atoms with Crippen LogP contribution in [0.1, 0.15) is 63.4 Å². The number of benzene rings is 1. The molecule has 0 saturated carbocycles. The molecule has 0 radical (unpaired) electrons. The Morgan fingerprint density at radius 3 is 2.30 bits per heavy atom. The lowest BCUT2D eigenvalue weighted by Gasteiger charge is -2.34. The van der Waals surface area contributed by atoms with E-state index in [4.69, 9.17) is 24.7 Å². The van der Waals surface area contributed by atoms with Crippen molar-refractivity contribution < 1.29 is 52.8 Å². The predicted molar refractivity (Wildman–Crippen MR) is 222 cm³/mol. The number of aliphatic hydroxyl groups excluding tert-OH is 1. The number of piperazine rings is 1. The van der Waals surface area contributed by atoms with Crippen LogP contribution in [0, 0.1) is 11.8 Å². The molecule has 326 valence electrons. The van der Waals surface area contributed by atoms with Crippen LogP contribution >= 0.6 is 0 Å². The average Bonchev–Trinajstić information content (AvgIpc) is 3.22. The second kappa shape index (κ2) is 22.3. The highest BCUT2D eigenvalue weighted by Gasteiger charge is 2.34. The van der Waals surface area contributed by atoms with E-state index in [1.54, 1.807) is 50.0 Å². The molecule has 1 aromatic rings. The third-order valence-electron chi connectivity index (χ3n) is 10.9. The SMILES string of the molecule is CCOC(=O)N1CCN(CCc2ccc(C(=O)NC3=C4C[C@@H](C)C[C@H](OC)[C@H](O)[C@@H](C)/C=C(\C)[C@@H](OC(N)=O)[C@@H](OC)/C=C\C=C(/C)C(=O)NC(=CC3=O)C4=O)cc2)CC1. The van der Waals surface area contributed by atoms with Crippen LogP contribution in [0.25, 0.3) is 0 Å². The molecular formula is C44H59N5O11. The maximum absolute atomic E-state index is 14.1. The van der Waals surface area contributed by atoms with E-state index in [0.29, 0.717) is 25.3 Å². The number of nitrogens with one attached hydrogen (secondary N) is 2. The number of nitrogens with zero attached hydrogens (tertiary/aromatic N) is 2. The third-order valence-corrected chi connectivity index (χ3v) is 10.9. The van der Waals surface area contributed by atoms with E-state index in [1.807, 2.05) is 19.1 Å². The van der Waals surface area contributed by atoms with E-state index in [9.17, 15) is 33.9 Å². The highest BCUT2D eigenvalue weighted by atomic mass is 16.6. The number of carbonyl (C=O) groups is 6. The summed E-state index contributed by atoms with van der Waals surface area (Å²) in [7, 11) is 2.87. The fourth-order valence-electron chi connectivity index (χ4n) is 7.39. The summed E-state index contributed by atoms with van der Waals surface area (Å²) in [5, 5.41) is 16.7. The summed E-state index contributed by atoms with van der Waals surface area (Å²) >= 11 is 0. The van der Waals surface area contributed by atoms with Crippen LogP contribution in [0.5, 0.6) is 0 Å². The zero-order valence-corrected chi connectivity index (χ0v) is 35.5. The molecule has 0 aromatic heterocycles. The van der Waals surface area contributed by atoms with Gasteiger partial charge in [0, 0.05) is 75.6 Å². The first-order valence-corrected chi connectivity index (χ1v) is 20.2. The Morgan fingerprint density at radius 1 is 1.00 bits per heavy atom. The number of carbonyl (C=O) groups excluding carboxylic acids is 6. The minimum Gasteiger partial charge on any atom is -0.450 e.